The first kappa shape index (κ1) is 21.3. The molecule has 0 aromatic heterocycles. The number of urea groups is 1. The molecule has 0 aliphatic carbocycles. The predicted molar refractivity (Wildman–Crippen MR) is 102 cm³/mol. The van der Waals surface area contributed by atoms with Crippen molar-refractivity contribution in [3.8, 4) is 6.07 Å². The summed E-state index contributed by atoms with van der Waals surface area (Å²) in [5.74, 6) is -1.21. The maximum Gasteiger partial charge on any atom is 0.336 e. The lowest BCUT2D eigenvalue weighted by atomic mass is 9.90. The first-order valence-corrected chi connectivity index (χ1v) is 10.6. The smallest absolute Gasteiger partial charge is 0.336 e. The molecule has 3 rings (SSSR count). The number of carbonyl (C=O) groups excluding carboxylic acids is 2. The summed E-state index contributed by atoms with van der Waals surface area (Å²) in [5.41, 5.74) is 0.0724. The van der Waals surface area contributed by atoms with E-state index >= 15 is 0 Å². The number of halogens is 2. The molecular formula is C17H19ClFN5O4S. The van der Waals surface area contributed by atoms with Gasteiger partial charge in [0.1, 0.15) is 17.6 Å². The summed E-state index contributed by atoms with van der Waals surface area (Å²) in [6, 6.07) is 3.59. The van der Waals surface area contributed by atoms with E-state index in [4.69, 9.17) is 16.9 Å². The summed E-state index contributed by atoms with van der Waals surface area (Å²) in [6.45, 7) is 1.09. The summed E-state index contributed by atoms with van der Waals surface area (Å²) < 4.78 is 40.2. The predicted octanol–water partition coefficient (Wildman–Crippen LogP) is 1.22. The topological polar surface area (TPSA) is 131 Å². The second-order valence-electron chi connectivity index (χ2n) is 6.95. The summed E-state index contributed by atoms with van der Waals surface area (Å²) in [7, 11) is -4.28. The Morgan fingerprint density at radius 3 is 2.90 bits per heavy atom. The molecule has 4 atom stereocenters. The summed E-state index contributed by atoms with van der Waals surface area (Å²) in [4.78, 5) is 24.4. The Bertz CT molecular complexity index is 983. The normalized spacial score (nSPS) is 26.6. The number of alkyl halides is 1. The van der Waals surface area contributed by atoms with E-state index in [9.17, 15) is 22.4 Å². The second-order valence-corrected chi connectivity index (χ2v) is 9.22. The quantitative estimate of drug-likeness (QED) is 0.641. The van der Waals surface area contributed by atoms with Crippen molar-refractivity contribution in [2.45, 2.75) is 36.5 Å². The van der Waals surface area contributed by atoms with Gasteiger partial charge in [0.2, 0.25) is 5.91 Å². The molecule has 156 valence electrons. The Hall–Kier alpha value is -2.42. The molecule has 1 aromatic carbocycles. The number of hydrogen-bond acceptors (Lipinski definition) is 6. The van der Waals surface area contributed by atoms with Crippen LogP contribution >= 0.6 is 11.6 Å². The molecule has 2 aliphatic heterocycles. The highest BCUT2D eigenvalue weighted by Gasteiger charge is 2.39. The molecule has 12 heteroatoms. The number of nitriles is 1. The van der Waals surface area contributed by atoms with Crippen molar-refractivity contribution in [2.75, 3.05) is 18.4 Å². The Balaban J connectivity index is 1.69. The van der Waals surface area contributed by atoms with Crippen molar-refractivity contribution in [1.29, 1.82) is 5.26 Å². The van der Waals surface area contributed by atoms with Gasteiger partial charge in [-0.15, -0.1) is 0 Å². The number of carbonyl (C=O) groups is 2. The molecule has 2 heterocycles. The van der Waals surface area contributed by atoms with E-state index in [0.717, 1.165) is 0 Å². The highest BCUT2D eigenvalue weighted by Crippen LogP contribution is 2.32. The zero-order chi connectivity index (χ0) is 21.3. The number of hydrogen-bond donors (Lipinski definition) is 3. The Morgan fingerprint density at radius 1 is 1.52 bits per heavy atom. The van der Waals surface area contributed by atoms with E-state index in [1.165, 1.54) is 18.2 Å². The monoisotopic (exact) mass is 443 g/mol. The molecule has 1 aromatic rings. The van der Waals surface area contributed by atoms with Crippen LogP contribution in [0, 0.1) is 17.2 Å². The highest BCUT2D eigenvalue weighted by atomic mass is 35.5. The minimum Gasteiger partial charge on any atom is -0.350 e. The van der Waals surface area contributed by atoms with Gasteiger partial charge in [-0.1, -0.05) is 11.6 Å². The lowest BCUT2D eigenvalue weighted by Gasteiger charge is -2.35. The van der Waals surface area contributed by atoms with Crippen molar-refractivity contribution in [2.24, 2.45) is 5.92 Å². The van der Waals surface area contributed by atoms with Crippen LogP contribution in [0.15, 0.2) is 23.1 Å². The number of piperidine rings is 1. The summed E-state index contributed by atoms with van der Waals surface area (Å²) >= 11 is 5.85. The van der Waals surface area contributed by atoms with E-state index < -0.39 is 52.7 Å². The molecule has 9 nitrogen and oxygen atoms in total. The van der Waals surface area contributed by atoms with Gasteiger partial charge >= 0.3 is 6.03 Å². The molecule has 0 saturated carbocycles. The van der Waals surface area contributed by atoms with Crippen LogP contribution in [0.5, 0.6) is 0 Å². The number of rotatable bonds is 4. The molecule has 1 saturated heterocycles. The van der Waals surface area contributed by atoms with Gasteiger partial charge in [-0.05, 0) is 31.5 Å². The molecule has 3 unspecified atom stereocenters. The maximum absolute atomic E-state index is 14.3. The van der Waals surface area contributed by atoms with E-state index in [1.807, 2.05) is 6.07 Å². The molecule has 0 spiro atoms. The molecule has 2 aliphatic rings. The van der Waals surface area contributed by atoms with Crippen molar-refractivity contribution in [1.82, 2.24) is 14.9 Å². The van der Waals surface area contributed by atoms with Gasteiger partial charge in [-0.2, -0.15) is 5.26 Å². The Labute approximate surface area is 172 Å². The second kappa shape index (κ2) is 8.14. The number of benzene rings is 1. The minimum absolute atomic E-state index is 0.0504. The zero-order valence-electron chi connectivity index (χ0n) is 15.4. The van der Waals surface area contributed by atoms with Crippen LogP contribution in [0.4, 0.5) is 14.9 Å². The maximum atomic E-state index is 14.3. The Morgan fingerprint density at radius 2 is 2.24 bits per heavy atom. The van der Waals surface area contributed by atoms with Gasteiger partial charge < -0.3 is 16.0 Å². The highest BCUT2D eigenvalue weighted by molar-refractivity contribution is 7.90. The number of sulfonamides is 1. The van der Waals surface area contributed by atoms with Crippen molar-refractivity contribution in [3.63, 3.8) is 0 Å². The molecule has 0 radical (unpaired) electrons. The van der Waals surface area contributed by atoms with Crippen LogP contribution < -0.4 is 16.0 Å². The van der Waals surface area contributed by atoms with Gasteiger partial charge in [0.05, 0.1) is 23.7 Å². The summed E-state index contributed by atoms with van der Waals surface area (Å²) in [5, 5.41) is 16.9. The van der Waals surface area contributed by atoms with Gasteiger partial charge in [-0.3, -0.25) is 4.79 Å². The molecule has 29 heavy (non-hydrogen) atoms. The van der Waals surface area contributed by atoms with Crippen LogP contribution in [0.25, 0.3) is 0 Å². The van der Waals surface area contributed by atoms with E-state index in [1.54, 1.807) is 6.92 Å². The lowest BCUT2D eigenvalue weighted by Crippen LogP contribution is -2.58. The van der Waals surface area contributed by atoms with E-state index in [0.29, 0.717) is 10.8 Å². The first-order valence-electron chi connectivity index (χ1n) is 8.83. The third kappa shape index (κ3) is 4.29. The lowest BCUT2D eigenvalue weighted by molar-refractivity contribution is -0.121. The largest absolute Gasteiger partial charge is 0.350 e. The van der Waals surface area contributed by atoms with Crippen LogP contribution in [0.1, 0.15) is 13.3 Å². The SMILES string of the molecule is C[C@@H](NC(=O)CN1C(=O)Nc2ccc(Cl)cc2S1(=O)=O)C1NCC(C#N)CC1F. The number of fused-ring (bicyclic) bond motifs is 1. The van der Waals surface area contributed by atoms with Gasteiger partial charge in [0, 0.05) is 17.6 Å². The molecular weight excluding hydrogens is 425 g/mol. The summed E-state index contributed by atoms with van der Waals surface area (Å²) in [6.07, 6.45) is -1.30. The number of nitrogens with zero attached hydrogens (tertiary/aromatic N) is 2. The number of nitrogens with one attached hydrogen (secondary N) is 3. The average Bonchev–Trinajstić information content (AvgIpc) is 2.65. The molecule has 3 amide bonds. The fourth-order valence-electron chi connectivity index (χ4n) is 3.39. The molecule has 0 bridgehead atoms. The van der Waals surface area contributed by atoms with Crippen molar-refractivity contribution >= 4 is 39.2 Å². The van der Waals surface area contributed by atoms with Crippen LogP contribution in [-0.4, -0.2) is 56.0 Å². The third-order valence-electron chi connectivity index (χ3n) is 4.88. The molecule has 3 N–H and O–H groups in total. The fourth-order valence-corrected chi connectivity index (χ4v) is 5.09. The van der Waals surface area contributed by atoms with Gasteiger partial charge in [0.15, 0.2) is 0 Å². The van der Waals surface area contributed by atoms with Gasteiger partial charge in [-0.25, -0.2) is 21.9 Å². The van der Waals surface area contributed by atoms with Crippen LogP contribution in [0.2, 0.25) is 5.02 Å². The Kier molecular flexibility index (Phi) is 5.97. The van der Waals surface area contributed by atoms with Crippen LogP contribution in [0.3, 0.4) is 0 Å². The fraction of sp³-hybridized carbons (Fsp3) is 0.471. The molecule has 1 fully saturated rings. The third-order valence-corrected chi connectivity index (χ3v) is 6.88. The van der Waals surface area contributed by atoms with E-state index in [2.05, 4.69) is 16.0 Å². The van der Waals surface area contributed by atoms with Crippen molar-refractivity contribution < 1.29 is 22.4 Å². The average molecular weight is 444 g/mol. The van der Waals surface area contributed by atoms with Crippen molar-refractivity contribution in [3.05, 3.63) is 23.2 Å². The standard InChI is InChI=1S/C17H19ClFN5O4S/c1-9(16-12(19)4-10(6-20)7-21-16)22-15(25)8-24-17(26)23-13-3-2-11(18)5-14(13)29(24,27)28/h2-3,5,9-10,12,16,21H,4,7-8H2,1H3,(H,22,25)(H,23,26)/t9-,10?,12?,16?/m1/s1. The number of amides is 3. The van der Waals surface area contributed by atoms with E-state index in [-0.39, 0.29) is 22.0 Å². The van der Waals surface area contributed by atoms with Crippen LogP contribution in [-0.2, 0) is 14.8 Å². The van der Waals surface area contributed by atoms with Gasteiger partial charge in [0.25, 0.3) is 10.0 Å². The minimum atomic E-state index is -4.28. The number of anilines is 1. The zero-order valence-corrected chi connectivity index (χ0v) is 16.9. The first-order chi connectivity index (χ1) is 13.6.